The van der Waals surface area contributed by atoms with Crippen LogP contribution in [0.2, 0.25) is 0 Å². The summed E-state index contributed by atoms with van der Waals surface area (Å²) in [4.78, 5) is 23.6. The fraction of sp³-hybridized carbons (Fsp3) is 0.300. The van der Waals surface area contributed by atoms with Gasteiger partial charge in [-0.25, -0.2) is 4.79 Å². The van der Waals surface area contributed by atoms with E-state index in [0.29, 0.717) is 18.0 Å². The van der Waals surface area contributed by atoms with Gasteiger partial charge in [0, 0.05) is 5.69 Å². The summed E-state index contributed by atoms with van der Waals surface area (Å²) in [5.74, 6) is 0.313. The molecular formula is C20H23NO5. The van der Waals surface area contributed by atoms with E-state index in [1.807, 2.05) is 32.9 Å². The van der Waals surface area contributed by atoms with Crippen molar-refractivity contribution in [2.24, 2.45) is 0 Å². The van der Waals surface area contributed by atoms with E-state index >= 15 is 0 Å². The molecule has 0 saturated heterocycles. The third kappa shape index (κ3) is 6.12. The Kier molecular flexibility index (Phi) is 7.02. The Morgan fingerprint density at radius 1 is 0.962 bits per heavy atom. The van der Waals surface area contributed by atoms with E-state index in [1.54, 1.807) is 30.3 Å². The van der Waals surface area contributed by atoms with Crippen molar-refractivity contribution >= 4 is 17.6 Å². The number of anilines is 1. The molecule has 26 heavy (non-hydrogen) atoms. The molecule has 6 heteroatoms. The van der Waals surface area contributed by atoms with Crippen LogP contribution < -0.4 is 14.8 Å². The number of benzene rings is 2. The monoisotopic (exact) mass is 357 g/mol. The molecule has 0 aliphatic carbocycles. The largest absolute Gasteiger partial charge is 0.494 e. The van der Waals surface area contributed by atoms with Crippen LogP contribution >= 0.6 is 0 Å². The van der Waals surface area contributed by atoms with Crippen LogP contribution in [-0.4, -0.2) is 31.7 Å². The zero-order chi connectivity index (χ0) is 18.9. The summed E-state index contributed by atoms with van der Waals surface area (Å²) in [5.41, 5.74) is 2.65. The molecule has 2 rings (SSSR count). The molecule has 0 unspecified atom stereocenters. The SMILES string of the molecule is CCOc1ccc(NC(=O)COC(=O)COc2ccc(C)cc2C)cc1. The highest BCUT2D eigenvalue weighted by molar-refractivity contribution is 5.92. The Bertz CT molecular complexity index is 755. The summed E-state index contributed by atoms with van der Waals surface area (Å²) in [6.07, 6.45) is 0. The van der Waals surface area contributed by atoms with Gasteiger partial charge in [0.1, 0.15) is 11.5 Å². The fourth-order valence-corrected chi connectivity index (χ4v) is 2.28. The maximum atomic E-state index is 11.8. The molecule has 0 radical (unpaired) electrons. The number of rotatable bonds is 8. The lowest BCUT2D eigenvalue weighted by molar-refractivity contribution is -0.149. The van der Waals surface area contributed by atoms with Crippen molar-refractivity contribution < 1.29 is 23.8 Å². The Balaban J connectivity index is 1.73. The first-order valence-corrected chi connectivity index (χ1v) is 8.36. The second-order valence-corrected chi connectivity index (χ2v) is 5.72. The molecule has 0 aliphatic heterocycles. The van der Waals surface area contributed by atoms with Gasteiger partial charge in [-0.2, -0.15) is 0 Å². The Morgan fingerprint density at radius 3 is 2.35 bits per heavy atom. The number of hydrogen-bond acceptors (Lipinski definition) is 5. The zero-order valence-electron chi connectivity index (χ0n) is 15.2. The average Bonchev–Trinajstić information content (AvgIpc) is 2.61. The van der Waals surface area contributed by atoms with Crippen molar-refractivity contribution in [1.29, 1.82) is 0 Å². The molecule has 2 aromatic rings. The van der Waals surface area contributed by atoms with E-state index < -0.39 is 11.9 Å². The summed E-state index contributed by atoms with van der Waals surface area (Å²) < 4.78 is 15.7. The highest BCUT2D eigenvalue weighted by atomic mass is 16.6. The summed E-state index contributed by atoms with van der Waals surface area (Å²) >= 11 is 0. The Hall–Kier alpha value is -3.02. The van der Waals surface area contributed by atoms with Crippen molar-refractivity contribution in [2.75, 3.05) is 25.1 Å². The summed E-state index contributed by atoms with van der Waals surface area (Å²) in [6, 6.07) is 12.6. The number of nitrogens with one attached hydrogen (secondary N) is 1. The fourth-order valence-electron chi connectivity index (χ4n) is 2.28. The van der Waals surface area contributed by atoms with Gasteiger partial charge in [0.15, 0.2) is 13.2 Å². The minimum atomic E-state index is -0.605. The molecule has 0 bridgehead atoms. The maximum absolute atomic E-state index is 11.8. The summed E-state index contributed by atoms with van der Waals surface area (Å²) in [5, 5.41) is 2.64. The lowest BCUT2D eigenvalue weighted by atomic mass is 10.1. The molecule has 0 fully saturated rings. The number of esters is 1. The molecule has 0 aliphatic rings. The third-order valence-electron chi connectivity index (χ3n) is 3.49. The van der Waals surface area contributed by atoms with Crippen molar-refractivity contribution in [3.8, 4) is 11.5 Å². The smallest absolute Gasteiger partial charge is 0.344 e. The second-order valence-electron chi connectivity index (χ2n) is 5.72. The summed E-state index contributed by atoms with van der Waals surface area (Å²) in [7, 11) is 0. The van der Waals surface area contributed by atoms with Gasteiger partial charge < -0.3 is 19.5 Å². The predicted molar refractivity (Wildman–Crippen MR) is 98.6 cm³/mol. The highest BCUT2D eigenvalue weighted by Gasteiger charge is 2.10. The first-order valence-electron chi connectivity index (χ1n) is 8.36. The minimum Gasteiger partial charge on any atom is -0.494 e. The number of aryl methyl sites for hydroxylation is 2. The Labute approximate surface area is 153 Å². The molecule has 0 spiro atoms. The van der Waals surface area contributed by atoms with Gasteiger partial charge in [0.25, 0.3) is 5.91 Å². The molecule has 138 valence electrons. The second kappa shape index (κ2) is 9.46. The van der Waals surface area contributed by atoms with Gasteiger partial charge in [-0.3, -0.25) is 4.79 Å². The van der Waals surface area contributed by atoms with E-state index in [2.05, 4.69) is 5.32 Å². The lowest BCUT2D eigenvalue weighted by Gasteiger charge is -2.10. The number of hydrogen-bond donors (Lipinski definition) is 1. The lowest BCUT2D eigenvalue weighted by Crippen LogP contribution is -2.23. The van der Waals surface area contributed by atoms with Gasteiger partial charge in [-0.15, -0.1) is 0 Å². The van der Waals surface area contributed by atoms with Crippen LogP contribution in [0.3, 0.4) is 0 Å². The molecule has 1 N–H and O–H groups in total. The number of carbonyl (C=O) groups excluding carboxylic acids is 2. The van der Waals surface area contributed by atoms with E-state index in [9.17, 15) is 9.59 Å². The van der Waals surface area contributed by atoms with Crippen LogP contribution in [0, 0.1) is 13.8 Å². The average molecular weight is 357 g/mol. The normalized spacial score (nSPS) is 10.1. The number of carbonyl (C=O) groups is 2. The van der Waals surface area contributed by atoms with E-state index in [4.69, 9.17) is 14.2 Å². The van der Waals surface area contributed by atoms with Gasteiger partial charge in [0.2, 0.25) is 0 Å². The van der Waals surface area contributed by atoms with Gasteiger partial charge in [-0.1, -0.05) is 17.7 Å². The zero-order valence-corrected chi connectivity index (χ0v) is 15.2. The molecule has 0 aromatic heterocycles. The van der Waals surface area contributed by atoms with Crippen molar-refractivity contribution in [2.45, 2.75) is 20.8 Å². The molecule has 6 nitrogen and oxygen atoms in total. The van der Waals surface area contributed by atoms with E-state index in [1.165, 1.54) is 0 Å². The minimum absolute atomic E-state index is 0.250. The third-order valence-corrected chi connectivity index (χ3v) is 3.49. The summed E-state index contributed by atoms with van der Waals surface area (Å²) in [6.45, 7) is 5.73. The highest BCUT2D eigenvalue weighted by Crippen LogP contribution is 2.18. The molecule has 2 aromatic carbocycles. The van der Waals surface area contributed by atoms with Crippen molar-refractivity contribution in [3.63, 3.8) is 0 Å². The van der Waals surface area contributed by atoms with Crippen LogP contribution in [0.1, 0.15) is 18.1 Å². The first kappa shape index (κ1) is 19.3. The maximum Gasteiger partial charge on any atom is 0.344 e. The van der Waals surface area contributed by atoms with Crippen molar-refractivity contribution in [1.82, 2.24) is 0 Å². The van der Waals surface area contributed by atoms with Gasteiger partial charge >= 0.3 is 5.97 Å². The molecular weight excluding hydrogens is 334 g/mol. The van der Waals surface area contributed by atoms with Crippen LogP contribution in [0.15, 0.2) is 42.5 Å². The molecule has 1 amide bonds. The van der Waals surface area contributed by atoms with Gasteiger partial charge in [0.05, 0.1) is 6.61 Å². The van der Waals surface area contributed by atoms with Crippen LogP contribution in [-0.2, 0) is 14.3 Å². The van der Waals surface area contributed by atoms with Crippen molar-refractivity contribution in [3.05, 3.63) is 53.6 Å². The first-order chi connectivity index (χ1) is 12.5. The molecule has 0 saturated carbocycles. The van der Waals surface area contributed by atoms with Crippen LogP contribution in [0.25, 0.3) is 0 Å². The Morgan fingerprint density at radius 2 is 1.69 bits per heavy atom. The molecule has 0 atom stereocenters. The topological polar surface area (TPSA) is 73.9 Å². The van der Waals surface area contributed by atoms with E-state index in [-0.39, 0.29) is 13.2 Å². The quantitative estimate of drug-likeness (QED) is 0.734. The number of ether oxygens (including phenoxy) is 3. The van der Waals surface area contributed by atoms with E-state index in [0.717, 1.165) is 16.9 Å². The predicted octanol–water partition coefficient (Wildman–Crippen LogP) is 3.26. The van der Waals surface area contributed by atoms with Crippen LogP contribution in [0.5, 0.6) is 11.5 Å². The standard InChI is InChI=1S/C20H23NO5/c1-4-24-17-8-6-16(7-9-17)21-19(22)12-26-20(23)13-25-18-10-5-14(2)11-15(18)3/h5-11H,4,12-13H2,1-3H3,(H,21,22). The molecule has 0 heterocycles. The van der Waals surface area contributed by atoms with Gasteiger partial charge in [-0.05, 0) is 56.7 Å². The number of amides is 1. The van der Waals surface area contributed by atoms with Crippen LogP contribution in [0.4, 0.5) is 5.69 Å².